The smallest absolute Gasteiger partial charge is 0.140 e. The van der Waals surface area contributed by atoms with E-state index in [1.165, 1.54) is 5.56 Å². The summed E-state index contributed by atoms with van der Waals surface area (Å²) in [5.74, 6) is 1.72. The van der Waals surface area contributed by atoms with Crippen LogP contribution < -0.4 is 5.32 Å². The lowest BCUT2D eigenvalue weighted by atomic mass is 9.84. The lowest BCUT2D eigenvalue weighted by molar-refractivity contribution is 0.590. The van der Waals surface area contributed by atoms with Crippen molar-refractivity contribution in [3.05, 3.63) is 54.0 Å². The lowest BCUT2D eigenvalue weighted by Crippen LogP contribution is -2.22. The van der Waals surface area contributed by atoms with Gasteiger partial charge in [-0.2, -0.15) is 0 Å². The summed E-state index contributed by atoms with van der Waals surface area (Å²) in [5.41, 5.74) is 1.03. The van der Waals surface area contributed by atoms with E-state index in [0.29, 0.717) is 0 Å². The van der Waals surface area contributed by atoms with Gasteiger partial charge in [0.15, 0.2) is 0 Å². The van der Waals surface area contributed by atoms with Gasteiger partial charge < -0.3 is 5.32 Å². The van der Waals surface area contributed by atoms with Crippen LogP contribution in [0.4, 0.5) is 5.82 Å². The second-order valence-corrected chi connectivity index (χ2v) is 4.79. The molecule has 1 aromatic heterocycles. The molecule has 0 atom stereocenters. The summed E-state index contributed by atoms with van der Waals surface area (Å²) in [7, 11) is 0. The van der Waals surface area contributed by atoms with Gasteiger partial charge in [-0.1, -0.05) is 30.3 Å². The highest BCUT2D eigenvalue weighted by molar-refractivity contribution is 5.37. The Morgan fingerprint density at radius 2 is 1.83 bits per heavy atom. The minimum absolute atomic E-state index is 0.188. The zero-order valence-corrected chi connectivity index (χ0v) is 11.1. The van der Waals surface area contributed by atoms with Gasteiger partial charge in [-0.25, -0.2) is 9.97 Å². The Kier molecular flexibility index (Phi) is 3.60. The molecule has 0 aliphatic rings. The van der Waals surface area contributed by atoms with Crippen LogP contribution in [0.2, 0.25) is 0 Å². The molecule has 3 heteroatoms. The Bertz CT molecular complexity index is 506. The van der Waals surface area contributed by atoms with E-state index in [0.717, 1.165) is 18.2 Å². The van der Waals surface area contributed by atoms with Gasteiger partial charge in [0.25, 0.3) is 0 Å². The predicted molar refractivity (Wildman–Crippen MR) is 74.8 cm³/mol. The third-order valence-electron chi connectivity index (χ3n) is 3.07. The second-order valence-electron chi connectivity index (χ2n) is 4.79. The summed E-state index contributed by atoms with van der Waals surface area (Å²) in [5, 5.41) is 3.22. The maximum Gasteiger partial charge on any atom is 0.140 e. The summed E-state index contributed by atoms with van der Waals surface area (Å²) in [6.07, 6.45) is 1.81. The third-order valence-corrected chi connectivity index (χ3v) is 3.07. The molecule has 2 aromatic rings. The van der Waals surface area contributed by atoms with Gasteiger partial charge >= 0.3 is 0 Å². The van der Waals surface area contributed by atoms with Crippen molar-refractivity contribution in [3.8, 4) is 0 Å². The molecule has 0 aliphatic carbocycles. The maximum atomic E-state index is 4.59. The fourth-order valence-corrected chi connectivity index (χ4v) is 1.92. The van der Waals surface area contributed by atoms with E-state index in [2.05, 4.69) is 48.2 Å². The number of benzene rings is 1. The van der Waals surface area contributed by atoms with Crippen molar-refractivity contribution in [2.45, 2.75) is 26.2 Å². The van der Waals surface area contributed by atoms with Crippen molar-refractivity contribution in [1.82, 2.24) is 9.97 Å². The van der Waals surface area contributed by atoms with E-state index in [1.807, 2.05) is 30.5 Å². The van der Waals surface area contributed by atoms with Crippen LogP contribution in [0.1, 0.15) is 32.2 Å². The Labute approximate surface area is 108 Å². The molecule has 1 aromatic carbocycles. The molecule has 3 nitrogen and oxygen atoms in total. The van der Waals surface area contributed by atoms with Crippen LogP contribution >= 0.6 is 0 Å². The molecule has 0 amide bonds. The molecular weight excluding hydrogens is 222 g/mol. The quantitative estimate of drug-likeness (QED) is 0.893. The maximum absolute atomic E-state index is 4.59. The molecule has 0 saturated heterocycles. The van der Waals surface area contributed by atoms with Crippen molar-refractivity contribution in [3.63, 3.8) is 0 Å². The van der Waals surface area contributed by atoms with Crippen LogP contribution in [0.3, 0.4) is 0 Å². The second kappa shape index (κ2) is 5.17. The van der Waals surface area contributed by atoms with Crippen LogP contribution in [0.5, 0.6) is 0 Å². The Balaban J connectivity index is 2.38. The summed E-state index contributed by atoms with van der Waals surface area (Å²) in [6.45, 7) is 7.22. The standard InChI is InChI=1S/C15H19N3/c1-4-16-13-10-11-17-14(18-13)15(2,3)12-8-6-5-7-9-12/h5-11H,4H2,1-3H3,(H,16,17,18). The Morgan fingerprint density at radius 1 is 1.11 bits per heavy atom. The van der Waals surface area contributed by atoms with E-state index < -0.39 is 0 Å². The topological polar surface area (TPSA) is 37.8 Å². The largest absolute Gasteiger partial charge is 0.370 e. The number of nitrogens with one attached hydrogen (secondary N) is 1. The van der Waals surface area contributed by atoms with Crippen molar-refractivity contribution in [1.29, 1.82) is 0 Å². The van der Waals surface area contributed by atoms with E-state index in [-0.39, 0.29) is 5.41 Å². The molecule has 18 heavy (non-hydrogen) atoms. The van der Waals surface area contributed by atoms with Gasteiger partial charge in [0.05, 0.1) is 0 Å². The highest BCUT2D eigenvalue weighted by Crippen LogP contribution is 2.28. The van der Waals surface area contributed by atoms with Gasteiger partial charge in [-0.3, -0.25) is 0 Å². The summed E-state index contributed by atoms with van der Waals surface area (Å²) in [4.78, 5) is 9.01. The molecule has 0 fully saturated rings. The van der Waals surface area contributed by atoms with E-state index in [1.54, 1.807) is 0 Å². The zero-order chi connectivity index (χ0) is 13.0. The van der Waals surface area contributed by atoms with Crippen molar-refractivity contribution in [2.75, 3.05) is 11.9 Å². The third kappa shape index (κ3) is 2.50. The number of rotatable bonds is 4. The fraction of sp³-hybridized carbons (Fsp3) is 0.333. The molecule has 94 valence electrons. The van der Waals surface area contributed by atoms with Crippen LogP contribution in [0, 0.1) is 0 Å². The van der Waals surface area contributed by atoms with Crippen molar-refractivity contribution in [2.24, 2.45) is 0 Å². The minimum Gasteiger partial charge on any atom is -0.370 e. The first-order valence-corrected chi connectivity index (χ1v) is 6.27. The van der Waals surface area contributed by atoms with Crippen LogP contribution in [-0.2, 0) is 5.41 Å². The predicted octanol–water partition coefficient (Wildman–Crippen LogP) is 3.23. The highest BCUT2D eigenvalue weighted by atomic mass is 15.0. The molecule has 1 heterocycles. The minimum atomic E-state index is -0.188. The number of hydrogen-bond donors (Lipinski definition) is 1. The average molecular weight is 241 g/mol. The summed E-state index contributed by atoms with van der Waals surface area (Å²) >= 11 is 0. The Hall–Kier alpha value is -1.90. The molecule has 0 saturated carbocycles. The first-order chi connectivity index (χ1) is 8.64. The lowest BCUT2D eigenvalue weighted by Gasteiger charge is -2.23. The molecular formula is C15H19N3. The first-order valence-electron chi connectivity index (χ1n) is 6.27. The van der Waals surface area contributed by atoms with Gasteiger partial charge in [-0.15, -0.1) is 0 Å². The fourth-order valence-electron chi connectivity index (χ4n) is 1.92. The average Bonchev–Trinajstić information content (AvgIpc) is 2.40. The van der Waals surface area contributed by atoms with Crippen LogP contribution in [0.15, 0.2) is 42.6 Å². The molecule has 0 aliphatic heterocycles. The van der Waals surface area contributed by atoms with Gasteiger partial charge in [0.1, 0.15) is 11.6 Å². The molecule has 0 radical (unpaired) electrons. The van der Waals surface area contributed by atoms with Gasteiger partial charge in [0.2, 0.25) is 0 Å². The summed E-state index contributed by atoms with van der Waals surface area (Å²) in [6, 6.07) is 12.2. The zero-order valence-electron chi connectivity index (χ0n) is 11.1. The molecule has 0 bridgehead atoms. The number of hydrogen-bond acceptors (Lipinski definition) is 3. The van der Waals surface area contributed by atoms with E-state index in [4.69, 9.17) is 0 Å². The van der Waals surface area contributed by atoms with Gasteiger partial charge in [-0.05, 0) is 32.4 Å². The highest BCUT2D eigenvalue weighted by Gasteiger charge is 2.26. The molecule has 1 N–H and O–H groups in total. The van der Waals surface area contributed by atoms with Crippen molar-refractivity contribution >= 4 is 5.82 Å². The number of nitrogens with zero attached hydrogens (tertiary/aromatic N) is 2. The van der Waals surface area contributed by atoms with Crippen molar-refractivity contribution < 1.29 is 0 Å². The Morgan fingerprint density at radius 3 is 2.50 bits per heavy atom. The monoisotopic (exact) mass is 241 g/mol. The van der Waals surface area contributed by atoms with Crippen LogP contribution in [0.25, 0.3) is 0 Å². The number of anilines is 1. The first kappa shape index (κ1) is 12.6. The molecule has 2 rings (SSSR count). The number of aromatic nitrogens is 2. The molecule has 0 spiro atoms. The normalized spacial score (nSPS) is 11.3. The van der Waals surface area contributed by atoms with E-state index in [9.17, 15) is 0 Å². The van der Waals surface area contributed by atoms with Crippen LogP contribution in [-0.4, -0.2) is 16.5 Å². The molecule has 0 unspecified atom stereocenters. The summed E-state index contributed by atoms with van der Waals surface area (Å²) < 4.78 is 0. The van der Waals surface area contributed by atoms with Gasteiger partial charge in [0, 0.05) is 18.2 Å². The van der Waals surface area contributed by atoms with E-state index >= 15 is 0 Å². The SMILES string of the molecule is CCNc1ccnc(C(C)(C)c2ccccc2)n1.